The van der Waals surface area contributed by atoms with E-state index in [0.717, 1.165) is 5.56 Å². The van der Waals surface area contributed by atoms with Gasteiger partial charge in [0.15, 0.2) is 5.78 Å². The van der Waals surface area contributed by atoms with E-state index in [1.807, 2.05) is 19.1 Å². The molecule has 0 fully saturated rings. The predicted octanol–water partition coefficient (Wildman–Crippen LogP) is 4.38. The van der Waals surface area contributed by atoms with E-state index >= 15 is 0 Å². The normalized spacial score (nSPS) is 11.6. The first-order chi connectivity index (χ1) is 7.06. The van der Waals surface area contributed by atoms with Crippen LogP contribution < -0.4 is 0 Å². The molecule has 0 saturated carbocycles. The third-order valence-corrected chi connectivity index (χ3v) is 2.95. The summed E-state index contributed by atoms with van der Waals surface area (Å²) in [6.07, 6.45) is 2.26. The molecule has 0 N–H and O–H groups in total. The largest absolute Gasteiger partial charge is 0.295 e. The van der Waals surface area contributed by atoms with E-state index in [4.69, 9.17) is 23.2 Å². The zero-order valence-electron chi connectivity index (χ0n) is 8.68. The summed E-state index contributed by atoms with van der Waals surface area (Å²) in [6, 6.07) is 5.36. The van der Waals surface area contributed by atoms with Gasteiger partial charge in [-0.05, 0) is 30.2 Å². The number of rotatable bonds is 3. The number of hydrogen-bond donors (Lipinski definition) is 0. The van der Waals surface area contributed by atoms with Gasteiger partial charge in [-0.25, -0.2) is 0 Å². The second kappa shape index (κ2) is 5.34. The Morgan fingerprint density at radius 1 is 1.40 bits per heavy atom. The lowest BCUT2D eigenvalue weighted by Gasteiger charge is -2.02. The summed E-state index contributed by atoms with van der Waals surface area (Å²) in [5.41, 5.74) is 1.48. The fourth-order valence-corrected chi connectivity index (χ4v) is 1.59. The third-order valence-electron chi connectivity index (χ3n) is 2.11. The van der Waals surface area contributed by atoms with Crippen molar-refractivity contribution in [2.24, 2.45) is 0 Å². The lowest BCUT2D eigenvalue weighted by atomic mass is 10.1. The van der Waals surface area contributed by atoms with E-state index in [-0.39, 0.29) is 5.78 Å². The van der Waals surface area contributed by atoms with Crippen LogP contribution in [0.15, 0.2) is 23.8 Å². The Morgan fingerprint density at radius 3 is 2.67 bits per heavy atom. The molecule has 1 nitrogen and oxygen atoms in total. The molecular weight excluding hydrogens is 231 g/mol. The van der Waals surface area contributed by atoms with Crippen molar-refractivity contribution in [2.45, 2.75) is 20.3 Å². The van der Waals surface area contributed by atoms with Crippen molar-refractivity contribution in [1.29, 1.82) is 0 Å². The van der Waals surface area contributed by atoms with Gasteiger partial charge in [0, 0.05) is 6.42 Å². The highest BCUT2D eigenvalue weighted by Crippen LogP contribution is 2.27. The fourth-order valence-electron chi connectivity index (χ4n) is 1.22. The third kappa shape index (κ3) is 3.08. The number of halogens is 2. The van der Waals surface area contributed by atoms with Crippen molar-refractivity contribution in [2.75, 3.05) is 0 Å². The lowest BCUT2D eigenvalue weighted by Crippen LogP contribution is -1.96. The van der Waals surface area contributed by atoms with Crippen LogP contribution in [0.2, 0.25) is 10.0 Å². The molecule has 1 aromatic rings. The van der Waals surface area contributed by atoms with Crippen molar-refractivity contribution in [1.82, 2.24) is 0 Å². The first-order valence-electron chi connectivity index (χ1n) is 4.71. The first-order valence-corrected chi connectivity index (χ1v) is 5.47. The molecule has 3 heteroatoms. The summed E-state index contributed by atoms with van der Waals surface area (Å²) >= 11 is 11.9. The van der Waals surface area contributed by atoms with Gasteiger partial charge < -0.3 is 0 Å². The van der Waals surface area contributed by atoms with Crippen molar-refractivity contribution < 1.29 is 4.79 Å². The second-order valence-corrected chi connectivity index (χ2v) is 4.03. The van der Waals surface area contributed by atoms with E-state index in [1.165, 1.54) is 0 Å². The molecule has 0 amide bonds. The number of allylic oxidation sites excluding steroid dienone is 1. The van der Waals surface area contributed by atoms with Crippen LogP contribution in [0, 0.1) is 0 Å². The van der Waals surface area contributed by atoms with E-state index < -0.39 is 0 Å². The number of benzene rings is 1. The average molecular weight is 243 g/mol. The minimum absolute atomic E-state index is 0.117. The smallest absolute Gasteiger partial charge is 0.158 e. The molecule has 0 aromatic heterocycles. The second-order valence-electron chi connectivity index (χ2n) is 3.25. The molecular formula is C12H12Cl2O. The fraction of sp³-hybridized carbons (Fsp3) is 0.250. The highest BCUT2D eigenvalue weighted by molar-refractivity contribution is 6.42. The Morgan fingerprint density at radius 2 is 2.07 bits per heavy atom. The molecule has 0 atom stereocenters. The Bertz CT molecular complexity index is 408. The summed E-state index contributed by atoms with van der Waals surface area (Å²) in [5.74, 6) is 0.117. The van der Waals surface area contributed by atoms with Gasteiger partial charge >= 0.3 is 0 Å². The maximum Gasteiger partial charge on any atom is 0.158 e. The van der Waals surface area contributed by atoms with Gasteiger partial charge in [0.05, 0.1) is 10.0 Å². The van der Waals surface area contributed by atoms with Crippen LogP contribution in [-0.4, -0.2) is 5.78 Å². The lowest BCUT2D eigenvalue weighted by molar-refractivity contribution is -0.115. The van der Waals surface area contributed by atoms with Crippen LogP contribution in [0.3, 0.4) is 0 Å². The minimum atomic E-state index is 0.117. The van der Waals surface area contributed by atoms with E-state index in [1.54, 1.807) is 19.1 Å². The van der Waals surface area contributed by atoms with Gasteiger partial charge in [0.25, 0.3) is 0 Å². The van der Waals surface area contributed by atoms with Crippen molar-refractivity contribution in [3.8, 4) is 0 Å². The van der Waals surface area contributed by atoms with Crippen LogP contribution >= 0.6 is 23.2 Å². The Labute approximate surface area is 99.7 Å². The molecule has 0 aliphatic heterocycles. The maximum atomic E-state index is 11.4. The number of Topliss-reactive ketones (excluding diaryl/α,β-unsaturated/α-hetero) is 1. The van der Waals surface area contributed by atoms with Crippen molar-refractivity contribution in [3.63, 3.8) is 0 Å². The van der Waals surface area contributed by atoms with Gasteiger partial charge in [0.2, 0.25) is 0 Å². The van der Waals surface area contributed by atoms with Gasteiger partial charge in [-0.2, -0.15) is 0 Å². The molecule has 1 aromatic carbocycles. The zero-order valence-corrected chi connectivity index (χ0v) is 10.2. The topological polar surface area (TPSA) is 17.1 Å². The number of carbonyl (C=O) groups is 1. The number of hydrogen-bond acceptors (Lipinski definition) is 1. The summed E-state index contributed by atoms with van der Waals surface area (Å²) in [5, 5.41) is 0.990. The molecule has 0 aliphatic rings. The highest BCUT2D eigenvalue weighted by Gasteiger charge is 2.05. The molecule has 0 aliphatic carbocycles. The summed E-state index contributed by atoms with van der Waals surface area (Å²) in [6.45, 7) is 3.61. The number of carbonyl (C=O) groups excluding carboxylic acids is 1. The van der Waals surface area contributed by atoms with E-state index in [0.29, 0.717) is 22.0 Å². The van der Waals surface area contributed by atoms with E-state index in [9.17, 15) is 4.79 Å². The summed E-state index contributed by atoms with van der Waals surface area (Å²) in [7, 11) is 0. The van der Waals surface area contributed by atoms with Crippen LogP contribution in [0.4, 0.5) is 0 Å². The molecule has 1 rings (SSSR count). The monoisotopic (exact) mass is 242 g/mol. The summed E-state index contributed by atoms with van der Waals surface area (Å²) < 4.78 is 0. The molecule has 80 valence electrons. The molecule has 15 heavy (non-hydrogen) atoms. The highest BCUT2D eigenvalue weighted by atomic mass is 35.5. The molecule has 0 radical (unpaired) electrons. The van der Waals surface area contributed by atoms with Crippen LogP contribution in [-0.2, 0) is 4.79 Å². The Hall–Kier alpha value is -0.790. The van der Waals surface area contributed by atoms with Gasteiger partial charge in [-0.3, -0.25) is 4.79 Å². The molecule has 0 saturated heterocycles. The molecule has 0 unspecified atom stereocenters. The van der Waals surface area contributed by atoms with Crippen molar-refractivity contribution in [3.05, 3.63) is 39.4 Å². The van der Waals surface area contributed by atoms with E-state index in [2.05, 4.69) is 0 Å². The average Bonchev–Trinajstić information content (AvgIpc) is 2.23. The quantitative estimate of drug-likeness (QED) is 0.720. The van der Waals surface area contributed by atoms with Crippen molar-refractivity contribution >= 4 is 35.1 Å². The van der Waals surface area contributed by atoms with Crippen LogP contribution in [0.25, 0.3) is 6.08 Å². The minimum Gasteiger partial charge on any atom is -0.295 e. The molecule has 0 bridgehead atoms. The van der Waals surface area contributed by atoms with Gasteiger partial charge in [0.1, 0.15) is 0 Å². The Balaban J connectivity index is 3.08. The zero-order chi connectivity index (χ0) is 11.4. The SMILES string of the molecule is CCC(=O)C(C)=Cc1cccc(Cl)c1Cl. The van der Waals surface area contributed by atoms with Gasteiger partial charge in [-0.1, -0.05) is 42.3 Å². The standard InChI is InChI=1S/C12H12Cl2O/c1-3-11(15)8(2)7-9-5-4-6-10(13)12(9)14/h4-7H,3H2,1-2H3. The Kier molecular flexibility index (Phi) is 4.37. The predicted molar refractivity (Wildman–Crippen MR) is 65.4 cm³/mol. The first kappa shape index (κ1) is 12.3. The van der Waals surface area contributed by atoms with Crippen LogP contribution in [0.5, 0.6) is 0 Å². The molecule has 0 spiro atoms. The maximum absolute atomic E-state index is 11.4. The van der Waals surface area contributed by atoms with Crippen LogP contribution in [0.1, 0.15) is 25.8 Å². The molecule has 0 heterocycles. The summed E-state index contributed by atoms with van der Waals surface area (Å²) in [4.78, 5) is 11.4. The number of ketones is 1. The van der Waals surface area contributed by atoms with Gasteiger partial charge in [-0.15, -0.1) is 0 Å².